The molecule has 0 aliphatic rings. The molecule has 2 aromatic rings. The van der Waals surface area contributed by atoms with E-state index in [-0.39, 0.29) is 17.5 Å². The Labute approximate surface area is 258 Å². The van der Waals surface area contributed by atoms with Gasteiger partial charge in [0.05, 0.1) is 5.60 Å². The smallest absolute Gasteiger partial charge is 0.303 e. The number of unbranched alkanes of at least 4 members (excludes halogenated alkanes) is 2. The van der Waals surface area contributed by atoms with Crippen LogP contribution < -0.4 is 4.74 Å². The van der Waals surface area contributed by atoms with E-state index < -0.39 is 5.60 Å². The van der Waals surface area contributed by atoms with Gasteiger partial charge in [0.1, 0.15) is 18.5 Å². The largest absolute Gasteiger partial charge is 0.489 e. The first-order valence-electron chi connectivity index (χ1n) is 16.5. The van der Waals surface area contributed by atoms with Crippen molar-refractivity contribution in [3.05, 3.63) is 70.3 Å². The van der Waals surface area contributed by atoms with Crippen LogP contribution in [0.5, 0.6) is 5.75 Å². The van der Waals surface area contributed by atoms with Crippen LogP contribution in [0.3, 0.4) is 0 Å². The summed E-state index contributed by atoms with van der Waals surface area (Å²) in [5.41, 5.74) is 5.18. The Morgan fingerprint density at radius 2 is 1.45 bits per heavy atom. The third-order valence-corrected chi connectivity index (χ3v) is 8.00. The topological polar surface area (TPSA) is 55.8 Å². The van der Waals surface area contributed by atoms with E-state index >= 15 is 0 Å². The predicted molar refractivity (Wildman–Crippen MR) is 182 cm³/mol. The first kappa shape index (κ1) is 39.4. The maximum absolute atomic E-state index is 11.2. The highest BCUT2D eigenvalue weighted by Gasteiger charge is 2.31. The van der Waals surface area contributed by atoms with E-state index in [0.717, 1.165) is 61.8 Å². The van der Waals surface area contributed by atoms with Gasteiger partial charge in [-0.15, -0.1) is 0 Å². The lowest BCUT2D eigenvalue weighted by molar-refractivity contribution is -0.146. The van der Waals surface area contributed by atoms with Gasteiger partial charge in [-0.25, -0.2) is 0 Å². The fraction of sp³-hybridized carbons (Fsp3) is 0.605. The van der Waals surface area contributed by atoms with E-state index in [2.05, 4.69) is 78.0 Å². The number of aryl methyl sites for hydroxylation is 2. The van der Waals surface area contributed by atoms with Crippen molar-refractivity contribution in [3.8, 4) is 5.75 Å². The average molecular weight is 583 g/mol. The molecule has 0 heterocycles. The molecule has 238 valence electrons. The van der Waals surface area contributed by atoms with Crippen LogP contribution in [-0.4, -0.2) is 29.4 Å². The molecule has 4 nitrogen and oxygen atoms in total. The van der Waals surface area contributed by atoms with Crippen LogP contribution in [0.2, 0.25) is 0 Å². The molecule has 42 heavy (non-hydrogen) atoms. The van der Waals surface area contributed by atoms with Crippen LogP contribution in [0, 0.1) is 13.8 Å². The van der Waals surface area contributed by atoms with Crippen LogP contribution in [0.15, 0.2) is 42.5 Å². The molecule has 2 unspecified atom stereocenters. The van der Waals surface area contributed by atoms with Crippen molar-refractivity contribution < 1.29 is 19.4 Å². The summed E-state index contributed by atoms with van der Waals surface area (Å²) in [6, 6.07) is 13.2. The van der Waals surface area contributed by atoms with E-state index in [1.165, 1.54) is 23.6 Å². The summed E-state index contributed by atoms with van der Waals surface area (Å²) in [5.74, 6) is 0.515. The van der Waals surface area contributed by atoms with Gasteiger partial charge in [0, 0.05) is 12.3 Å². The molecule has 0 saturated carbocycles. The predicted octanol–water partition coefficient (Wildman–Crippen LogP) is 10.5. The number of hydrogen-bond donors (Lipinski definition) is 1. The van der Waals surface area contributed by atoms with Crippen molar-refractivity contribution in [3.63, 3.8) is 0 Å². The van der Waals surface area contributed by atoms with Gasteiger partial charge >= 0.3 is 5.97 Å². The summed E-state index contributed by atoms with van der Waals surface area (Å²) < 4.78 is 11.1. The van der Waals surface area contributed by atoms with Gasteiger partial charge in [-0.1, -0.05) is 117 Å². The normalized spacial score (nSPS) is 13.3. The summed E-state index contributed by atoms with van der Waals surface area (Å²) in [6.45, 7) is 24.6. The minimum atomic E-state index is -0.742. The van der Waals surface area contributed by atoms with E-state index in [1.54, 1.807) is 0 Å². The number of esters is 1. The fourth-order valence-electron chi connectivity index (χ4n) is 5.33. The monoisotopic (exact) mass is 582 g/mol. The van der Waals surface area contributed by atoms with Crippen LogP contribution in [0.4, 0.5) is 0 Å². The Morgan fingerprint density at radius 1 is 0.881 bits per heavy atom. The van der Waals surface area contributed by atoms with Gasteiger partial charge in [-0.05, 0) is 80.3 Å². The minimum absolute atomic E-state index is 0.106. The van der Waals surface area contributed by atoms with Gasteiger partial charge in [-0.2, -0.15) is 0 Å². The molecular weight excluding hydrogens is 520 g/mol. The summed E-state index contributed by atoms with van der Waals surface area (Å²) >= 11 is 0. The Hall–Kier alpha value is -2.59. The fourth-order valence-corrected chi connectivity index (χ4v) is 5.33. The lowest BCUT2D eigenvalue weighted by Crippen LogP contribution is -2.26. The zero-order valence-electron chi connectivity index (χ0n) is 29.0. The third kappa shape index (κ3) is 11.6. The Kier molecular flexibility index (Phi) is 19.1. The number of carbonyl (C=O) groups excluding carboxylic acids is 1. The zero-order valence-corrected chi connectivity index (χ0v) is 29.0. The highest BCUT2D eigenvalue weighted by Crippen LogP contribution is 2.41. The molecule has 0 aliphatic heterocycles. The molecule has 2 rings (SSSR count). The Balaban J connectivity index is 0.00000402. The molecule has 4 heteroatoms. The number of carbonyl (C=O) groups is 1. The third-order valence-electron chi connectivity index (χ3n) is 8.00. The summed E-state index contributed by atoms with van der Waals surface area (Å²) in [7, 11) is 0. The second kappa shape index (κ2) is 20.3. The van der Waals surface area contributed by atoms with Crippen molar-refractivity contribution in [2.75, 3.05) is 6.61 Å². The quantitative estimate of drug-likeness (QED) is 0.168. The van der Waals surface area contributed by atoms with E-state index in [1.807, 2.05) is 46.8 Å². The number of benzene rings is 2. The molecule has 0 aliphatic carbocycles. The lowest BCUT2D eigenvalue weighted by atomic mass is 9.70. The van der Waals surface area contributed by atoms with Gasteiger partial charge in [0.25, 0.3) is 0 Å². The molecule has 0 spiro atoms. The molecule has 0 bridgehead atoms. The van der Waals surface area contributed by atoms with Crippen LogP contribution in [0.25, 0.3) is 6.08 Å². The molecule has 0 fully saturated rings. The molecule has 1 N–H and O–H groups in total. The van der Waals surface area contributed by atoms with E-state index in [0.29, 0.717) is 6.61 Å². The number of rotatable bonds is 15. The van der Waals surface area contributed by atoms with Crippen LogP contribution in [0.1, 0.15) is 142 Å². The molecule has 0 aromatic heterocycles. The first-order chi connectivity index (χ1) is 20.0. The highest BCUT2D eigenvalue weighted by atomic mass is 16.6. The Bertz CT molecular complexity index is 1070. The van der Waals surface area contributed by atoms with Crippen molar-refractivity contribution in [1.82, 2.24) is 0 Å². The molecule has 0 amide bonds. The summed E-state index contributed by atoms with van der Waals surface area (Å²) in [5, 5.41) is 11.0. The van der Waals surface area contributed by atoms with Crippen molar-refractivity contribution in [1.29, 1.82) is 0 Å². The van der Waals surface area contributed by atoms with Gasteiger partial charge in [0.15, 0.2) is 0 Å². The number of aliphatic hydroxyl groups is 1. The van der Waals surface area contributed by atoms with Crippen LogP contribution >= 0.6 is 0 Å². The van der Waals surface area contributed by atoms with Crippen molar-refractivity contribution >= 4 is 12.0 Å². The van der Waals surface area contributed by atoms with Crippen molar-refractivity contribution in [2.24, 2.45) is 0 Å². The van der Waals surface area contributed by atoms with Gasteiger partial charge in [0.2, 0.25) is 0 Å². The number of hydrogen-bond acceptors (Lipinski definition) is 4. The van der Waals surface area contributed by atoms with Crippen molar-refractivity contribution in [2.45, 2.75) is 145 Å². The summed E-state index contributed by atoms with van der Waals surface area (Å²) in [6.07, 6.45) is 10.7. The van der Waals surface area contributed by atoms with Gasteiger partial charge < -0.3 is 14.6 Å². The minimum Gasteiger partial charge on any atom is -0.489 e. The first-order valence-corrected chi connectivity index (χ1v) is 16.5. The van der Waals surface area contributed by atoms with Gasteiger partial charge in [-0.3, -0.25) is 4.79 Å². The maximum Gasteiger partial charge on any atom is 0.303 e. The molecule has 0 saturated heterocycles. The number of ether oxygens (including phenoxy) is 2. The Morgan fingerprint density at radius 3 is 1.93 bits per heavy atom. The highest BCUT2D eigenvalue weighted by molar-refractivity contribution is 5.66. The second-order valence-electron chi connectivity index (χ2n) is 10.8. The van der Waals surface area contributed by atoms with Crippen LogP contribution in [-0.2, 0) is 14.9 Å². The average Bonchev–Trinajstić information content (AvgIpc) is 2.99. The molecule has 2 aromatic carbocycles. The molecule has 2 atom stereocenters. The van der Waals surface area contributed by atoms with E-state index in [9.17, 15) is 9.90 Å². The SMILES string of the molecule is CC.CC.CCCCCC(O)(/C=C/c1ccc(C(CC)(CC)c2ccc(OCC(C)OC(C)=O)c(C)c2)cc1C)CC. The second-order valence-corrected chi connectivity index (χ2v) is 10.8. The molecule has 0 radical (unpaired) electrons. The molecular formula is C38H62O4. The standard InChI is InChI=1S/C34H50O4.2C2H6/c1-9-13-14-20-33(36,10-2)21-19-29-15-16-30(22-25(29)5)34(11-3,12-4)31-17-18-32(26(6)23-31)37-24-27(7)38-28(8)35;2*1-2/h15-19,21-23,27,36H,9-14,20,24H2,1-8H3;2*1-2H3/b21-19+;;. The summed E-state index contributed by atoms with van der Waals surface area (Å²) in [4.78, 5) is 11.2. The maximum atomic E-state index is 11.2. The lowest BCUT2D eigenvalue weighted by Gasteiger charge is -2.34. The van der Waals surface area contributed by atoms with E-state index in [4.69, 9.17) is 9.47 Å². The zero-order chi connectivity index (χ0) is 32.3.